The number of halogens is 1. The fraction of sp³-hybridized carbons (Fsp3) is 0.316. The van der Waals surface area contributed by atoms with E-state index in [1.807, 2.05) is 37.6 Å². The molecule has 2 heterocycles. The molecule has 7 heteroatoms. The van der Waals surface area contributed by atoms with E-state index in [1.165, 1.54) is 0 Å². The first-order chi connectivity index (χ1) is 12.3. The molecule has 0 atom stereocenters. The Labute approximate surface area is 161 Å². The largest absolute Gasteiger partial charge is 0.336 e. The van der Waals surface area contributed by atoms with Gasteiger partial charge in [-0.15, -0.1) is 0 Å². The van der Waals surface area contributed by atoms with Gasteiger partial charge in [-0.2, -0.15) is 10.2 Å². The van der Waals surface area contributed by atoms with Crippen LogP contribution < -0.4 is 0 Å². The lowest BCUT2D eigenvalue weighted by Crippen LogP contribution is -2.27. The number of aromatic amines is 1. The van der Waals surface area contributed by atoms with Crippen LogP contribution in [0, 0.1) is 27.7 Å². The standard InChI is InChI=1S/C19H22BrN5O/c1-11-8-6-7-9-16(11)25-14(4)15(12(2)23-25)10-24(5)19(26)18-17(20)13(3)21-22-18/h6-9H,10H2,1-5H3,(H,21,22). The Morgan fingerprint density at radius 2 is 1.92 bits per heavy atom. The normalized spacial score (nSPS) is 11.0. The Kier molecular flexibility index (Phi) is 5.00. The predicted octanol–water partition coefficient (Wildman–Crippen LogP) is 3.86. The van der Waals surface area contributed by atoms with E-state index < -0.39 is 0 Å². The lowest BCUT2D eigenvalue weighted by atomic mass is 10.1. The summed E-state index contributed by atoms with van der Waals surface area (Å²) >= 11 is 3.42. The number of hydrogen-bond donors (Lipinski definition) is 1. The van der Waals surface area contributed by atoms with Crippen LogP contribution in [0.4, 0.5) is 0 Å². The number of carbonyl (C=O) groups is 1. The number of rotatable bonds is 4. The number of para-hydroxylation sites is 1. The van der Waals surface area contributed by atoms with Gasteiger partial charge in [-0.1, -0.05) is 18.2 Å². The van der Waals surface area contributed by atoms with E-state index >= 15 is 0 Å². The van der Waals surface area contributed by atoms with Gasteiger partial charge in [-0.25, -0.2) is 4.68 Å². The fourth-order valence-corrected chi connectivity index (χ4v) is 3.33. The van der Waals surface area contributed by atoms with Crippen LogP contribution in [0.2, 0.25) is 0 Å². The summed E-state index contributed by atoms with van der Waals surface area (Å²) in [6.07, 6.45) is 0. The molecule has 0 fully saturated rings. The zero-order chi connectivity index (χ0) is 19.0. The van der Waals surface area contributed by atoms with Crippen molar-refractivity contribution in [2.24, 2.45) is 0 Å². The first-order valence-electron chi connectivity index (χ1n) is 8.38. The summed E-state index contributed by atoms with van der Waals surface area (Å²) in [7, 11) is 1.78. The zero-order valence-electron chi connectivity index (χ0n) is 15.6. The maximum absolute atomic E-state index is 12.7. The second-order valence-corrected chi connectivity index (χ2v) is 7.31. The Morgan fingerprint density at radius 1 is 1.23 bits per heavy atom. The summed E-state index contributed by atoms with van der Waals surface area (Å²) in [6.45, 7) is 8.42. The highest BCUT2D eigenvalue weighted by atomic mass is 79.9. The van der Waals surface area contributed by atoms with Gasteiger partial charge >= 0.3 is 0 Å². The number of hydrogen-bond acceptors (Lipinski definition) is 3. The van der Waals surface area contributed by atoms with E-state index in [9.17, 15) is 4.79 Å². The number of H-pyrrole nitrogens is 1. The Bertz CT molecular complexity index is 972. The minimum Gasteiger partial charge on any atom is -0.336 e. The number of aryl methyl sites for hydroxylation is 3. The second-order valence-electron chi connectivity index (χ2n) is 6.52. The van der Waals surface area contributed by atoms with Crippen molar-refractivity contribution in [3.8, 4) is 5.69 Å². The third-order valence-electron chi connectivity index (χ3n) is 4.60. The van der Waals surface area contributed by atoms with Crippen LogP contribution >= 0.6 is 15.9 Å². The van der Waals surface area contributed by atoms with E-state index in [4.69, 9.17) is 5.10 Å². The van der Waals surface area contributed by atoms with Gasteiger partial charge in [0.15, 0.2) is 5.69 Å². The summed E-state index contributed by atoms with van der Waals surface area (Å²) in [4.78, 5) is 14.4. The summed E-state index contributed by atoms with van der Waals surface area (Å²) in [5, 5.41) is 11.6. The maximum atomic E-state index is 12.7. The molecule has 0 bridgehead atoms. The number of nitrogens with one attached hydrogen (secondary N) is 1. The minimum atomic E-state index is -0.135. The van der Waals surface area contributed by atoms with Gasteiger partial charge in [-0.05, 0) is 55.3 Å². The van der Waals surface area contributed by atoms with Crippen LogP contribution in [-0.2, 0) is 6.54 Å². The van der Waals surface area contributed by atoms with Crippen LogP contribution in [0.5, 0.6) is 0 Å². The third kappa shape index (κ3) is 3.19. The van der Waals surface area contributed by atoms with Gasteiger partial charge in [0, 0.05) is 30.5 Å². The predicted molar refractivity (Wildman–Crippen MR) is 105 cm³/mol. The van der Waals surface area contributed by atoms with E-state index in [0.29, 0.717) is 16.7 Å². The molecule has 0 saturated carbocycles. The summed E-state index contributed by atoms with van der Waals surface area (Å²) < 4.78 is 2.66. The average Bonchev–Trinajstić information content (AvgIpc) is 3.08. The molecule has 0 aliphatic heterocycles. The molecule has 0 spiro atoms. The van der Waals surface area contributed by atoms with Gasteiger partial charge in [0.1, 0.15) is 0 Å². The van der Waals surface area contributed by atoms with E-state index in [0.717, 1.165) is 33.9 Å². The van der Waals surface area contributed by atoms with E-state index in [2.05, 4.69) is 45.2 Å². The molecule has 0 aliphatic carbocycles. The number of carbonyl (C=O) groups excluding carboxylic acids is 1. The van der Waals surface area contributed by atoms with Crippen molar-refractivity contribution >= 4 is 21.8 Å². The van der Waals surface area contributed by atoms with Crippen molar-refractivity contribution in [2.75, 3.05) is 7.05 Å². The first-order valence-corrected chi connectivity index (χ1v) is 9.17. The SMILES string of the molecule is Cc1ccccc1-n1nc(C)c(CN(C)C(=O)c2n[nH]c(C)c2Br)c1C. The van der Waals surface area contributed by atoms with Crippen LogP contribution in [-0.4, -0.2) is 37.8 Å². The van der Waals surface area contributed by atoms with Gasteiger partial charge in [0.2, 0.25) is 0 Å². The number of amides is 1. The Morgan fingerprint density at radius 3 is 2.54 bits per heavy atom. The van der Waals surface area contributed by atoms with Crippen LogP contribution in [0.25, 0.3) is 5.69 Å². The quantitative estimate of drug-likeness (QED) is 0.703. The Hall–Kier alpha value is -2.41. The van der Waals surface area contributed by atoms with Crippen LogP contribution in [0.15, 0.2) is 28.7 Å². The first kappa shape index (κ1) is 18.4. The molecule has 3 aromatic rings. The lowest BCUT2D eigenvalue weighted by Gasteiger charge is -2.17. The molecule has 1 N–H and O–H groups in total. The number of aromatic nitrogens is 4. The molecule has 0 aliphatic rings. The maximum Gasteiger partial charge on any atom is 0.275 e. The molecule has 0 unspecified atom stereocenters. The molecule has 136 valence electrons. The second kappa shape index (κ2) is 7.07. The highest BCUT2D eigenvalue weighted by Crippen LogP contribution is 2.23. The lowest BCUT2D eigenvalue weighted by molar-refractivity contribution is 0.0778. The van der Waals surface area contributed by atoms with Crippen LogP contribution in [0.1, 0.15) is 38.7 Å². The van der Waals surface area contributed by atoms with Crippen molar-refractivity contribution in [3.05, 3.63) is 62.6 Å². The molecule has 6 nitrogen and oxygen atoms in total. The third-order valence-corrected chi connectivity index (χ3v) is 5.57. The van der Waals surface area contributed by atoms with Gasteiger partial charge in [0.05, 0.1) is 15.9 Å². The van der Waals surface area contributed by atoms with Crippen molar-refractivity contribution in [1.82, 2.24) is 24.9 Å². The highest BCUT2D eigenvalue weighted by molar-refractivity contribution is 9.10. The molecular formula is C19H22BrN5O. The number of nitrogens with zero attached hydrogens (tertiary/aromatic N) is 4. The molecule has 1 amide bonds. The molecule has 0 saturated heterocycles. The monoisotopic (exact) mass is 415 g/mol. The zero-order valence-corrected chi connectivity index (χ0v) is 17.2. The van der Waals surface area contributed by atoms with Gasteiger partial charge in [-0.3, -0.25) is 9.89 Å². The molecular weight excluding hydrogens is 394 g/mol. The molecule has 1 aromatic carbocycles. The van der Waals surface area contributed by atoms with Gasteiger partial charge in [0.25, 0.3) is 5.91 Å². The van der Waals surface area contributed by atoms with Crippen molar-refractivity contribution in [3.63, 3.8) is 0 Å². The van der Waals surface area contributed by atoms with Crippen molar-refractivity contribution < 1.29 is 4.79 Å². The van der Waals surface area contributed by atoms with E-state index in [1.54, 1.807) is 11.9 Å². The molecule has 0 radical (unpaired) electrons. The number of benzene rings is 1. The topological polar surface area (TPSA) is 66.8 Å². The minimum absolute atomic E-state index is 0.135. The van der Waals surface area contributed by atoms with Crippen molar-refractivity contribution in [2.45, 2.75) is 34.2 Å². The average molecular weight is 416 g/mol. The fourth-order valence-electron chi connectivity index (χ4n) is 2.99. The highest BCUT2D eigenvalue weighted by Gasteiger charge is 2.22. The van der Waals surface area contributed by atoms with Crippen LogP contribution in [0.3, 0.4) is 0 Å². The summed E-state index contributed by atoms with van der Waals surface area (Å²) in [6, 6.07) is 8.14. The molecule has 26 heavy (non-hydrogen) atoms. The van der Waals surface area contributed by atoms with Crippen molar-refractivity contribution in [1.29, 1.82) is 0 Å². The van der Waals surface area contributed by atoms with E-state index in [-0.39, 0.29) is 5.91 Å². The summed E-state index contributed by atoms with van der Waals surface area (Å²) in [5.74, 6) is -0.135. The Balaban J connectivity index is 1.90. The summed E-state index contributed by atoms with van der Waals surface area (Å²) in [5.41, 5.74) is 6.45. The molecule has 2 aromatic heterocycles. The van der Waals surface area contributed by atoms with Gasteiger partial charge < -0.3 is 4.90 Å². The molecule has 3 rings (SSSR count). The smallest absolute Gasteiger partial charge is 0.275 e.